The Morgan fingerprint density at radius 1 is 1.32 bits per heavy atom. The van der Waals surface area contributed by atoms with Crippen LogP contribution in [-0.4, -0.2) is 4.92 Å². The van der Waals surface area contributed by atoms with Crippen LogP contribution in [0.5, 0.6) is 0 Å². The first-order valence-electron chi connectivity index (χ1n) is 5.98. The van der Waals surface area contributed by atoms with Crippen molar-refractivity contribution >= 4 is 17.3 Å². The zero-order chi connectivity index (χ0) is 14.0. The molecule has 0 aliphatic rings. The Bertz CT molecular complexity index is 638. The molecule has 0 heterocycles. The minimum atomic E-state index is -0.383. The van der Waals surface area contributed by atoms with E-state index in [9.17, 15) is 10.1 Å². The Balaban J connectivity index is 2.71. The standard InChI is InChI=1S/C15H13ClNO2/c1-3-11-5-7-15(17(18)19)14(8-11)13-9-12(16)6-4-10(13)2/h4,6-9H,3H2,1-2H3. The van der Waals surface area contributed by atoms with Gasteiger partial charge in [0.15, 0.2) is 0 Å². The summed E-state index contributed by atoms with van der Waals surface area (Å²) in [6, 6.07) is 11.6. The molecule has 0 saturated carbocycles. The van der Waals surface area contributed by atoms with Crippen LogP contribution < -0.4 is 0 Å². The van der Waals surface area contributed by atoms with Crippen molar-refractivity contribution in [2.24, 2.45) is 0 Å². The molecule has 0 unspecified atom stereocenters. The van der Waals surface area contributed by atoms with Crippen LogP contribution in [0, 0.1) is 23.1 Å². The highest BCUT2D eigenvalue weighted by Crippen LogP contribution is 2.34. The maximum atomic E-state index is 11.1. The Morgan fingerprint density at radius 2 is 2.05 bits per heavy atom. The number of rotatable bonds is 3. The second-order valence-electron chi connectivity index (χ2n) is 4.33. The van der Waals surface area contributed by atoms with E-state index in [1.54, 1.807) is 12.1 Å². The van der Waals surface area contributed by atoms with Gasteiger partial charge >= 0.3 is 0 Å². The van der Waals surface area contributed by atoms with E-state index in [4.69, 9.17) is 11.6 Å². The lowest BCUT2D eigenvalue weighted by Gasteiger charge is -2.09. The quantitative estimate of drug-likeness (QED) is 0.607. The molecule has 4 heteroatoms. The summed E-state index contributed by atoms with van der Waals surface area (Å²) in [7, 11) is 0. The lowest BCUT2D eigenvalue weighted by atomic mass is 9.96. The average molecular weight is 275 g/mol. The van der Waals surface area contributed by atoms with Crippen molar-refractivity contribution in [2.75, 3.05) is 0 Å². The fourth-order valence-corrected chi connectivity index (χ4v) is 2.16. The van der Waals surface area contributed by atoms with Gasteiger partial charge in [0.25, 0.3) is 5.69 Å². The highest BCUT2D eigenvalue weighted by Gasteiger charge is 2.17. The Labute approximate surface area is 117 Å². The largest absolute Gasteiger partial charge is 0.277 e. The summed E-state index contributed by atoms with van der Waals surface area (Å²) >= 11 is 5.99. The van der Waals surface area contributed by atoms with Gasteiger partial charge in [-0.2, -0.15) is 0 Å². The van der Waals surface area contributed by atoms with Gasteiger partial charge in [0, 0.05) is 11.1 Å². The van der Waals surface area contributed by atoms with Crippen LogP contribution in [0.3, 0.4) is 0 Å². The fourth-order valence-electron chi connectivity index (χ4n) is 1.98. The predicted octanol–water partition coefficient (Wildman–Crippen LogP) is 4.59. The fraction of sp³-hybridized carbons (Fsp3) is 0.200. The van der Waals surface area contributed by atoms with Crippen molar-refractivity contribution in [3.05, 3.63) is 62.7 Å². The first kappa shape index (κ1) is 13.6. The van der Waals surface area contributed by atoms with Gasteiger partial charge in [-0.1, -0.05) is 24.6 Å². The van der Waals surface area contributed by atoms with Gasteiger partial charge in [0.1, 0.15) is 0 Å². The zero-order valence-electron chi connectivity index (χ0n) is 10.7. The molecular formula is C15H13ClNO2. The Kier molecular flexibility index (Phi) is 3.86. The van der Waals surface area contributed by atoms with Crippen molar-refractivity contribution < 1.29 is 4.92 Å². The third-order valence-electron chi connectivity index (χ3n) is 3.06. The summed E-state index contributed by atoms with van der Waals surface area (Å²) < 4.78 is 0. The first-order chi connectivity index (χ1) is 9.02. The predicted molar refractivity (Wildman–Crippen MR) is 76.5 cm³/mol. The number of nitrogens with zero attached hydrogens (tertiary/aromatic N) is 1. The minimum absolute atomic E-state index is 0.0579. The number of nitro benzene ring substituents is 1. The summed E-state index contributed by atoms with van der Waals surface area (Å²) in [6.45, 7) is 3.91. The van der Waals surface area contributed by atoms with Gasteiger partial charge in [0.05, 0.1) is 10.5 Å². The normalized spacial score (nSPS) is 10.5. The molecule has 0 atom stereocenters. The molecule has 0 bridgehead atoms. The zero-order valence-corrected chi connectivity index (χ0v) is 11.5. The van der Waals surface area contributed by atoms with Crippen LogP contribution in [0.2, 0.25) is 5.02 Å². The summed E-state index contributed by atoms with van der Waals surface area (Å²) in [5.74, 6) is 0. The van der Waals surface area contributed by atoms with E-state index >= 15 is 0 Å². The molecule has 2 rings (SSSR count). The molecule has 1 radical (unpaired) electrons. The lowest BCUT2D eigenvalue weighted by molar-refractivity contribution is -0.384. The van der Waals surface area contributed by atoms with Gasteiger partial charge in [-0.3, -0.25) is 10.1 Å². The molecule has 0 N–H and O–H groups in total. The molecular weight excluding hydrogens is 262 g/mol. The van der Waals surface area contributed by atoms with E-state index in [1.807, 2.05) is 26.0 Å². The number of benzene rings is 2. The smallest absolute Gasteiger partial charge is 0.258 e. The highest BCUT2D eigenvalue weighted by atomic mass is 35.5. The first-order valence-corrected chi connectivity index (χ1v) is 6.36. The maximum Gasteiger partial charge on any atom is 0.277 e. The summed E-state index contributed by atoms with van der Waals surface area (Å²) in [5, 5.41) is 11.7. The molecule has 0 aliphatic heterocycles. The molecule has 0 aromatic heterocycles. The van der Waals surface area contributed by atoms with Crippen molar-refractivity contribution in [1.82, 2.24) is 0 Å². The molecule has 0 saturated heterocycles. The molecule has 0 amide bonds. The lowest BCUT2D eigenvalue weighted by Crippen LogP contribution is -1.95. The molecule has 0 spiro atoms. The second-order valence-corrected chi connectivity index (χ2v) is 4.76. The van der Waals surface area contributed by atoms with Crippen molar-refractivity contribution in [3.63, 3.8) is 0 Å². The topological polar surface area (TPSA) is 43.1 Å². The van der Waals surface area contributed by atoms with E-state index < -0.39 is 0 Å². The van der Waals surface area contributed by atoms with Crippen LogP contribution in [-0.2, 0) is 6.42 Å². The summed E-state index contributed by atoms with van der Waals surface area (Å²) in [4.78, 5) is 10.8. The van der Waals surface area contributed by atoms with E-state index in [-0.39, 0.29) is 10.6 Å². The van der Waals surface area contributed by atoms with Crippen molar-refractivity contribution in [3.8, 4) is 11.1 Å². The van der Waals surface area contributed by atoms with Gasteiger partial charge in [-0.05, 0) is 54.3 Å². The van der Waals surface area contributed by atoms with E-state index in [0.717, 1.165) is 23.1 Å². The second kappa shape index (κ2) is 5.41. The summed E-state index contributed by atoms with van der Waals surface area (Å²) in [6.07, 6.45) is 0.782. The van der Waals surface area contributed by atoms with Gasteiger partial charge in [-0.15, -0.1) is 0 Å². The molecule has 2 aromatic carbocycles. The minimum Gasteiger partial charge on any atom is -0.258 e. The molecule has 97 valence electrons. The molecule has 0 fully saturated rings. The van der Waals surface area contributed by atoms with Crippen LogP contribution >= 0.6 is 11.6 Å². The monoisotopic (exact) mass is 274 g/mol. The Morgan fingerprint density at radius 3 is 2.68 bits per heavy atom. The highest BCUT2D eigenvalue weighted by molar-refractivity contribution is 6.30. The van der Waals surface area contributed by atoms with Crippen molar-refractivity contribution in [2.45, 2.75) is 20.3 Å². The number of halogens is 1. The Hall–Kier alpha value is -1.87. The SMILES string of the molecule is CCc1[c]cc([N+](=O)[O-])c(-c2cc(Cl)ccc2C)c1. The van der Waals surface area contributed by atoms with Crippen LogP contribution in [0.25, 0.3) is 11.1 Å². The van der Waals surface area contributed by atoms with Crippen LogP contribution in [0.15, 0.2) is 30.3 Å². The number of nitro groups is 1. The van der Waals surface area contributed by atoms with E-state index in [0.29, 0.717) is 10.6 Å². The molecule has 0 aliphatic carbocycles. The van der Waals surface area contributed by atoms with Gasteiger partial charge in [-0.25, -0.2) is 0 Å². The van der Waals surface area contributed by atoms with Gasteiger partial charge in [0.2, 0.25) is 0 Å². The maximum absolute atomic E-state index is 11.1. The van der Waals surface area contributed by atoms with Gasteiger partial charge < -0.3 is 0 Å². The number of hydrogen-bond acceptors (Lipinski definition) is 2. The number of hydrogen-bond donors (Lipinski definition) is 0. The number of aryl methyl sites for hydroxylation is 2. The van der Waals surface area contributed by atoms with E-state index in [2.05, 4.69) is 6.07 Å². The van der Waals surface area contributed by atoms with Crippen molar-refractivity contribution in [1.29, 1.82) is 0 Å². The van der Waals surface area contributed by atoms with Crippen LogP contribution in [0.4, 0.5) is 5.69 Å². The third-order valence-corrected chi connectivity index (χ3v) is 3.29. The summed E-state index contributed by atoms with van der Waals surface area (Å²) in [5.41, 5.74) is 3.35. The molecule has 19 heavy (non-hydrogen) atoms. The molecule has 2 aromatic rings. The molecule has 3 nitrogen and oxygen atoms in total. The van der Waals surface area contributed by atoms with Crippen LogP contribution in [0.1, 0.15) is 18.1 Å². The third kappa shape index (κ3) is 2.76. The average Bonchev–Trinajstić information content (AvgIpc) is 2.40. The van der Waals surface area contributed by atoms with E-state index in [1.165, 1.54) is 6.07 Å².